The zero-order valence-corrected chi connectivity index (χ0v) is 14.5. The van der Waals surface area contributed by atoms with Crippen LogP contribution in [0.4, 0.5) is 0 Å². The number of unbranched alkanes of at least 4 members (excludes halogenated alkanes) is 1. The molecule has 0 fully saturated rings. The van der Waals surface area contributed by atoms with Gasteiger partial charge in [-0.1, -0.05) is 49.7 Å². The first-order chi connectivity index (χ1) is 8.99. The topological polar surface area (TPSA) is 12.0 Å². The Balaban J connectivity index is 2.18. The lowest BCUT2D eigenvalue weighted by Gasteiger charge is -2.31. The number of hydrogen-bond acceptors (Lipinski definition) is 1. The highest BCUT2D eigenvalue weighted by Crippen LogP contribution is 2.46. The quantitative estimate of drug-likeness (QED) is 0.553. The van der Waals surface area contributed by atoms with Crippen LogP contribution in [0.15, 0.2) is 21.9 Å². The summed E-state index contributed by atoms with van der Waals surface area (Å²) in [5.74, 6) is 0.728. The van der Waals surface area contributed by atoms with Crippen molar-refractivity contribution in [1.82, 2.24) is 4.98 Å². The van der Waals surface area contributed by atoms with E-state index in [-0.39, 0.29) is 0 Å². The summed E-state index contributed by atoms with van der Waals surface area (Å²) in [5, 5.41) is 1.80. The summed E-state index contributed by atoms with van der Waals surface area (Å²) in [7, 11) is -1.43. The second-order valence-corrected chi connectivity index (χ2v) is 11.0. The Bertz CT molecular complexity index is 403. The smallest absolute Gasteiger partial charge is 0.148 e. The molecule has 2 rings (SSSR count). The predicted octanol–water partition coefficient (Wildman–Crippen LogP) is 4.96. The second-order valence-electron chi connectivity index (χ2n) is 6.88. The van der Waals surface area contributed by atoms with E-state index in [4.69, 9.17) is 0 Å². The minimum absolute atomic E-state index is 0.728. The molecule has 0 saturated carbocycles. The van der Waals surface area contributed by atoms with E-state index in [1.165, 1.54) is 45.1 Å². The van der Waals surface area contributed by atoms with Crippen molar-refractivity contribution in [3.63, 3.8) is 0 Å². The van der Waals surface area contributed by atoms with E-state index < -0.39 is 8.24 Å². The minimum atomic E-state index is -1.43. The molecule has 0 amide bonds. The van der Waals surface area contributed by atoms with Gasteiger partial charge in [-0.15, -0.1) is 0 Å². The molecule has 0 radical (unpaired) electrons. The van der Waals surface area contributed by atoms with Gasteiger partial charge in [0.25, 0.3) is 0 Å². The summed E-state index contributed by atoms with van der Waals surface area (Å²) >= 11 is 0. The molecule has 0 heterocycles. The van der Waals surface area contributed by atoms with E-state index in [0.29, 0.717) is 0 Å². The van der Waals surface area contributed by atoms with E-state index in [0.717, 1.165) is 5.92 Å². The Kier molecular flexibility index (Phi) is 4.73. The lowest BCUT2D eigenvalue weighted by molar-refractivity contribution is 0.639. The maximum Gasteiger partial charge on any atom is 0.148 e. The van der Waals surface area contributed by atoms with Crippen molar-refractivity contribution < 1.29 is 0 Å². The van der Waals surface area contributed by atoms with E-state index in [1.807, 2.05) is 0 Å². The summed E-state index contributed by atoms with van der Waals surface area (Å²) in [6.45, 7) is 13.4. The summed E-state index contributed by atoms with van der Waals surface area (Å²) in [4.78, 5) is 3.93. The maximum absolute atomic E-state index is 3.93. The van der Waals surface area contributed by atoms with Crippen molar-refractivity contribution >= 4 is 8.24 Å². The van der Waals surface area contributed by atoms with Crippen LogP contribution in [0.2, 0.25) is 13.1 Å². The lowest BCUT2D eigenvalue weighted by atomic mass is 9.88. The van der Waals surface area contributed by atoms with Gasteiger partial charge >= 0.3 is 0 Å². The SMILES string of the molecule is CCCCN[Si](C)(C)C1=C(C)C2=C(CCCC2)C1C. The number of hydrogen-bond donors (Lipinski definition) is 1. The Hall–Kier alpha value is -0.343. The third kappa shape index (κ3) is 2.90. The van der Waals surface area contributed by atoms with Gasteiger partial charge in [-0.3, -0.25) is 0 Å². The molecular weight excluding hydrogens is 246 g/mol. The van der Waals surface area contributed by atoms with Crippen molar-refractivity contribution in [1.29, 1.82) is 0 Å². The van der Waals surface area contributed by atoms with Crippen LogP contribution < -0.4 is 4.98 Å². The fraction of sp³-hybridized carbons (Fsp3) is 0.765. The molecule has 0 aromatic carbocycles. The Morgan fingerprint density at radius 1 is 1.21 bits per heavy atom. The van der Waals surface area contributed by atoms with E-state index >= 15 is 0 Å². The van der Waals surface area contributed by atoms with Gasteiger partial charge in [-0.25, -0.2) is 0 Å². The van der Waals surface area contributed by atoms with Crippen molar-refractivity contribution in [3.05, 3.63) is 21.9 Å². The van der Waals surface area contributed by atoms with Crippen LogP contribution in [0, 0.1) is 5.92 Å². The molecule has 2 aliphatic carbocycles. The zero-order chi connectivity index (χ0) is 14.0. The summed E-state index contributed by atoms with van der Waals surface area (Å²) in [6, 6.07) is 0. The highest BCUT2D eigenvalue weighted by atomic mass is 28.3. The van der Waals surface area contributed by atoms with Crippen LogP contribution in [-0.2, 0) is 0 Å². The molecule has 108 valence electrons. The normalized spacial score (nSPS) is 24.2. The first-order valence-electron chi connectivity index (χ1n) is 8.17. The average Bonchev–Trinajstić information content (AvgIpc) is 2.63. The Morgan fingerprint density at radius 3 is 2.53 bits per heavy atom. The van der Waals surface area contributed by atoms with Crippen molar-refractivity contribution in [2.24, 2.45) is 5.92 Å². The highest BCUT2D eigenvalue weighted by molar-refractivity contribution is 6.82. The van der Waals surface area contributed by atoms with Gasteiger partial charge in [0.1, 0.15) is 8.24 Å². The molecule has 1 atom stereocenters. The molecule has 0 bridgehead atoms. The molecule has 0 aliphatic heterocycles. The molecule has 2 aliphatic rings. The minimum Gasteiger partial charge on any atom is -0.334 e. The van der Waals surface area contributed by atoms with Crippen molar-refractivity contribution in [2.75, 3.05) is 6.54 Å². The fourth-order valence-corrected chi connectivity index (χ4v) is 7.52. The predicted molar refractivity (Wildman–Crippen MR) is 87.8 cm³/mol. The van der Waals surface area contributed by atoms with Gasteiger partial charge < -0.3 is 4.98 Å². The molecule has 1 N–H and O–H groups in total. The first kappa shape index (κ1) is 15.1. The zero-order valence-electron chi connectivity index (χ0n) is 13.5. The molecule has 2 heteroatoms. The molecule has 1 nitrogen and oxygen atoms in total. The molecule has 0 aromatic rings. The molecule has 19 heavy (non-hydrogen) atoms. The highest BCUT2D eigenvalue weighted by Gasteiger charge is 2.38. The van der Waals surface area contributed by atoms with Gasteiger partial charge in [0, 0.05) is 0 Å². The third-order valence-corrected chi connectivity index (χ3v) is 8.38. The number of rotatable bonds is 5. The number of nitrogens with one attached hydrogen (secondary N) is 1. The maximum atomic E-state index is 3.93. The summed E-state index contributed by atoms with van der Waals surface area (Å²) in [6.07, 6.45) is 8.12. The van der Waals surface area contributed by atoms with Gasteiger partial charge in [0.05, 0.1) is 0 Å². The van der Waals surface area contributed by atoms with E-state index in [1.54, 1.807) is 21.9 Å². The molecule has 1 unspecified atom stereocenters. The van der Waals surface area contributed by atoms with Gasteiger partial charge in [0.15, 0.2) is 0 Å². The molecular formula is C17H31NSi. The van der Waals surface area contributed by atoms with Crippen molar-refractivity contribution in [2.45, 2.75) is 72.4 Å². The van der Waals surface area contributed by atoms with Gasteiger partial charge in [-0.05, 0) is 57.1 Å². The van der Waals surface area contributed by atoms with E-state index in [9.17, 15) is 0 Å². The van der Waals surface area contributed by atoms with E-state index in [2.05, 4.69) is 38.8 Å². The van der Waals surface area contributed by atoms with Crippen molar-refractivity contribution in [3.8, 4) is 0 Å². The molecule has 0 aromatic heterocycles. The van der Waals surface area contributed by atoms with Crippen LogP contribution in [0.1, 0.15) is 59.3 Å². The van der Waals surface area contributed by atoms with Gasteiger partial charge in [0.2, 0.25) is 0 Å². The lowest BCUT2D eigenvalue weighted by Crippen LogP contribution is -2.49. The fourth-order valence-electron chi connectivity index (χ4n) is 4.18. The van der Waals surface area contributed by atoms with Crippen LogP contribution in [0.25, 0.3) is 0 Å². The largest absolute Gasteiger partial charge is 0.334 e. The third-order valence-electron chi connectivity index (χ3n) is 5.09. The monoisotopic (exact) mass is 277 g/mol. The standard InChI is InChI=1S/C17H31NSi/c1-6-7-12-18-19(4,5)17-13(2)15-10-8-9-11-16(15)14(17)3/h13,18H,6-12H2,1-5H3. The summed E-state index contributed by atoms with van der Waals surface area (Å²) < 4.78 is 0. The van der Waals surface area contributed by atoms with Crippen LogP contribution >= 0.6 is 0 Å². The first-order valence-corrected chi connectivity index (χ1v) is 11.2. The van der Waals surface area contributed by atoms with Gasteiger partial charge in [-0.2, -0.15) is 0 Å². The molecule has 0 spiro atoms. The van der Waals surface area contributed by atoms with Crippen LogP contribution in [0.3, 0.4) is 0 Å². The van der Waals surface area contributed by atoms with Crippen LogP contribution in [-0.4, -0.2) is 14.8 Å². The number of allylic oxidation sites excluding steroid dienone is 4. The second kappa shape index (κ2) is 5.97. The Morgan fingerprint density at radius 2 is 1.89 bits per heavy atom. The Labute approximate surface area is 120 Å². The van der Waals surface area contributed by atoms with Crippen LogP contribution in [0.5, 0.6) is 0 Å². The average molecular weight is 278 g/mol. The molecule has 0 saturated heterocycles. The summed E-state index contributed by atoms with van der Waals surface area (Å²) in [5.41, 5.74) is 5.20.